The molecule has 0 saturated carbocycles. The maximum absolute atomic E-state index is 13.0. The molecule has 3 heterocycles. The van der Waals surface area contributed by atoms with Crippen LogP contribution >= 0.6 is 0 Å². The molecule has 2 aliphatic heterocycles. The summed E-state index contributed by atoms with van der Waals surface area (Å²) in [5.74, 6) is -1.88. The van der Waals surface area contributed by atoms with E-state index in [1.165, 1.54) is 16.8 Å². The summed E-state index contributed by atoms with van der Waals surface area (Å²) in [4.78, 5) is 11.6. The van der Waals surface area contributed by atoms with Crippen molar-refractivity contribution in [3.63, 3.8) is 0 Å². The number of hydrogen-bond donors (Lipinski definition) is 1. The van der Waals surface area contributed by atoms with Gasteiger partial charge < -0.3 is 9.84 Å². The second-order valence-electron chi connectivity index (χ2n) is 7.79. The summed E-state index contributed by atoms with van der Waals surface area (Å²) < 4.78 is 65.3. The van der Waals surface area contributed by atoms with E-state index in [1.54, 1.807) is 30.5 Å². The van der Waals surface area contributed by atoms with Gasteiger partial charge in [0.05, 0.1) is 10.4 Å². The van der Waals surface area contributed by atoms with E-state index in [1.807, 2.05) is 24.3 Å². The smallest absolute Gasteiger partial charge is 0.490 e. The molecule has 11 heteroatoms. The van der Waals surface area contributed by atoms with Crippen molar-refractivity contribution < 1.29 is 36.2 Å². The van der Waals surface area contributed by atoms with Crippen LogP contribution in [0.2, 0.25) is 0 Å². The summed E-state index contributed by atoms with van der Waals surface area (Å²) in [6.07, 6.45) is -1.07. The first-order valence-corrected chi connectivity index (χ1v) is 11.6. The molecule has 1 atom stereocenters. The van der Waals surface area contributed by atoms with Gasteiger partial charge in [0.1, 0.15) is 12.4 Å². The number of aliphatic carboxylic acids is 1. The molecule has 33 heavy (non-hydrogen) atoms. The predicted molar refractivity (Wildman–Crippen MR) is 114 cm³/mol. The van der Waals surface area contributed by atoms with Crippen molar-refractivity contribution in [1.82, 2.24) is 8.87 Å². The number of carbonyl (C=O) groups is 1. The van der Waals surface area contributed by atoms with Gasteiger partial charge in [-0.25, -0.2) is 17.2 Å². The SMILES string of the molecule is O=C(O)C(F)(F)F.O=S(=O)(c1ccccc1)n1ccc2c3c(ccc21)OC[C@@H]1CCCN1C3. The molecular weight excluding hydrogens is 461 g/mol. The molecule has 3 aromatic rings. The summed E-state index contributed by atoms with van der Waals surface area (Å²) in [5, 5.41) is 8.08. The summed E-state index contributed by atoms with van der Waals surface area (Å²) in [6, 6.07) is 14.7. The molecule has 1 N–H and O–H groups in total. The van der Waals surface area contributed by atoms with Crippen LogP contribution in [0, 0.1) is 0 Å². The lowest BCUT2D eigenvalue weighted by Crippen LogP contribution is -2.31. The van der Waals surface area contributed by atoms with E-state index in [9.17, 15) is 21.6 Å². The first-order valence-electron chi connectivity index (χ1n) is 10.2. The molecule has 0 unspecified atom stereocenters. The molecule has 0 spiro atoms. The summed E-state index contributed by atoms with van der Waals surface area (Å²) in [7, 11) is -3.61. The predicted octanol–water partition coefficient (Wildman–Crippen LogP) is 3.87. The van der Waals surface area contributed by atoms with Crippen LogP contribution in [0.1, 0.15) is 18.4 Å². The number of carboxylic acids is 1. The molecule has 7 nitrogen and oxygen atoms in total. The molecule has 1 aromatic heterocycles. The number of alkyl halides is 3. The van der Waals surface area contributed by atoms with Crippen LogP contribution in [-0.4, -0.2) is 53.7 Å². The first-order chi connectivity index (χ1) is 15.6. The summed E-state index contributed by atoms with van der Waals surface area (Å²) in [5.41, 5.74) is 1.79. The molecule has 1 fully saturated rings. The fourth-order valence-electron chi connectivity index (χ4n) is 4.13. The average molecular weight is 482 g/mol. The van der Waals surface area contributed by atoms with Gasteiger partial charge in [0.15, 0.2) is 0 Å². The van der Waals surface area contributed by atoms with Crippen molar-refractivity contribution in [1.29, 1.82) is 0 Å². The monoisotopic (exact) mass is 482 g/mol. The number of rotatable bonds is 2. The van der Waals surface area contributed by atoms with E-state index in [2.05, 4.69) is 4.90 Å². The number of benzene rings is 2. The summed E-state index contributed by atoms with van der Waals surface area (Å²) in [6.45, 7) is 2.60. The zero-order chi connectivity index (χ0) is 23.8. The van der Waals surface area contributed by atoms with Gasteiger partial charge in [0.25, 0.3) is 10.0 Å². The van der Waals surface area contributed by atoms with Crippen molar-refractivity contribution in [2.24, 2.45) is 0 Å². The number of fused-ring (bicyclic) bond motifs is 4. The minimum absolute atomic E-state index is 0.295. The van der Waals surface area contributed by atoms with Crippen LogP contribution in [0.25, 0.3) is 10.9 Å². The fourth-order valence-corrected chi connectivity index (χ4v) is 5.50. The maximum Gasteiger partial charge on any atom is 0.490 e. The van der Waals surface area contributed by atoms with E-state index in [4.69, 9.17) is 14.6 Å². The van der Waals surface area contributed by atoms with Crippen LogP contribution in [0.4, 0.5) is 13.2 Å². The van der Waals surface area contributed by atoms with E-state index >= 15 is 0 Å². The van der Waals surface area contributed by atoms with E-state index in [0.29, 0.717) is 23.1 Å². The Morgan fingerprint density at radius 3 is 2.45 bits per heavy atom. The lowest BCUT2D eigenvalue weighted by Gasteiger charge is -2.20. The quantitative estimate of drug-likeness (QED) is 0.597. The molecule has 0 bridgehead atoms. The van der Waals surface area contributed by atoms with Crippen molar-refractivity contribution in [2.45, 2.75) is 36.5 Å². The van der Waals surface area contributed by atoms with Crippen LogP contribution in [0.3, 0.4) is 0 Å². The van der Waals surface area contributed by atoms with Crippen LogP contribution in [0.15, 0.2) is 59.6 Å². The van der Waals surface area contributed by atoms with Gasteiger partial charge >= 0.3 is 12.1 Å². The Kier molecular flexibility index (Phi) is 6.10. The Balaban J connectivity index is 0.000000325. The minimum Gasteiger partial charge on any atom is -0.492 e. The molecular formula is C22H21F3N2O5S. The Bertz CT molecular complexity index is 1270. The Labute approximate surface area is 188 Å². The highest BCUT2D eigenvalue weighted by Crippen LogP contribution is 2.36. The number of aromatic nitrogens is 1. The van der Waals surface area contributed by atoms with E-state index in [0.717, 1.165) is 29.8 Å². The van der Waals surface area contributed by atoms with Crippen molar-refractivity contribution in [3.05, 3.63) is 60.3 Å². The fraction of sp³-hybridized carbons (Fsp3) is 0.318. The molecule has 1 saturated heterocycles. The summed E-state index contributed by atoms with van der Waals surface area (Å²) >= 11 is 0. The molecule has 2 aliphatic rings. The van der Waals surface area contributed by atoms with Gasteiger partial charge in [-0.3, -0.25) is 4.90 Å². The Hall–Kier alpha value is -3.05. The van der Waals surface area contributed by atoms with E-state index in [-0.39, 0.29) is 0 Å². The highest BCUT2D eigenvalue weighted by molar-refractivity contribution is 7.90. The van der Waals surface area contributed by atoms with Gasteiger partial charge in [-0.05, 0) is 49.7 Å². The molecule has 0 amide bonds. The second kappa shape index (κ2) is 8.71. The third-order valence-electron chi connectivity index (χ3n) is 5.74. The average Bonchev–Trinajstić information content (AvgIpc) is 3.37. The lowest BCUT2D eigenvalue weighted by atomic mass is 10.1. The van der Waals surface area contributed by atoms with Gasteiger partial charge in [0, 0.05) is 29.7 Å². The Morgan fingerprint density at radius 2 is 1.79 bits per heavy atom. The van der Waals surface area contributed by atoms with Gasteiger partial charge in [-0.2, -0.15) is 13.2 Å². The standard InChI is InChI=1S/C20H20N2O3S.C2HF3O2/c23-26(24,16-6-2-1-3-7-16)22-12-10-17-18-13-21-11-4-5-15(21)14-25-20(18)9-8-19(17)22;3-2(4,5)1(6)7/h1-3,6-10,12,15H,4-5,11,13-14H2;(H,6,7)/t15-;/m0./s1. The zero-order valence-electron chi connectivity index (χ0n) is 17.3. The molecule has 2 aromatic carbocycles. The van der Waals surface area contributed by atoms with Crippen LogP contribution in [0.5, 0.6) is 5.75 Å². The topological polar surface area (TPSA) is 88.8 Å². The van der Waals surface area contributed by atoms with Crippen molar-refractivity contribution >= 4 is 26.9 Å². The lowest BCUT2D eigenvalue weighted by molar-refractivity contribution is -0.192. The van der Waals surface area contributed by atoms with Gasteiger partial charge in [-0.15, -0.1) is 0 Å². The van der Waals surface area contributed by atoms with Crippen LogP contribution in [-0.2, 0) is 21.4 Å². The molecule has 176 valence electrons. The largest absolute Gasteiger partial charge is 0.492 e. The maximum atomic E-state index is 13.0. The number of carboxylic acid groups (broad SMARTS) is 1. The number of ether oxygens (including phenoxy) is 1. The highest BCUT2D eigenvalue weighted by atomic mass is 32.2. The first kappa shape index (κ1) is 23.1. The number of hydrogen-bond acceptors (Lipinski definition) is 5. The number of nitrogens with zero attached hydrogens (tertiary/aromatic N) is 2. The third kappa shape index (κ3) is 4.55. The number of halogens is 3. The van der Waals surface area contributed by atoms with Crippen LogP contribution < -0.4 is 4.74 Å². The van der Waals surface area contributed by atoms with Crippen molar-refractivity contribution in [2.75, 3.05) is 13.2 Å². The zero-order valence-corrected chi connectivity index (χ0v) is 18.1. The molecule has 0 radical (unpaired) electrons. The molecule has 5 rings (SSSR count). The third-order valence-corrected chi connectivity index (χ3v) is 7.44. The second-order valence-corrected chi connectivity index (χ2v) is 9.60. The minimum atomic E-state index is -5.08. The normalized spacial score (nSPS) is 18.5. The van der Waals surface area contributed by atoms with Gasteiger partial charge in [-0.1, -0.05) is 18.2 Å². The van der Waals surface area contributed by atoms with E-state index < -0.39 is 22.2 Å². The van der Waals surface area contributed by atoms with Crippen molar-refractivity contribution in [3.8, 4) is 5.75 Å². The highest BCUT2D eigenvalue weighted by Gasteiger charge is 2.38. The van der Waals surface area contributed by atoms with Gasteiger partial charge in [0.2, 0.25) is 0 Å². The Morgan fingerprint density at radius 1 is 1.09 bits per heavy atom. The molecule has 0 aliphatic carbocycles.